The van der Waals surface area contributed by atoms with Crippen molar-refractivity contribution in [1.82, 2.24) is 0 Å². The Kier molecular flexibility index (Phi) is 3.53. The van der Waals surface area contributed by atoms with Crippen LogP contribution in [0.1, 0.15) is 29.5 Å². The van der Waals surface area contributed by atoms with E-state index >= 15 is 0 Å². The summed E-state index contributed by atoms with van der Waals surface area (Å²) in [6.07, 6.45) is 5.41. The molecule has 0 spiro atoms. The normalized spacial score (nSPS) is 24.7. The zero-order chi connectivity index (χ0) is 16.0. The number of methoxy groups -OCH3 is 1. The second kappa shape index (κ2) is 5.57. The van der Waals surface area contributed by atoms with Gasteiger partial charge >= 0.3 is 0 Å². The van der Waals surface area contributed by atoms with Gasteiger partial charge in [0.05, 0.1) is 18.8 Å². The summed E-state index contributed by atoms with van der Waals surface area (Å²) in [5.74, 6) is 1.20. The summed E-state index contributed by atoms with van der Waals surface area (Å²) in [4.78, 5) is 0. The van der Waals surface area contributed by atoms with Gasteiger partial charge in [-0.05, 0) is 42.2 Å². The predicted molar refractivity (Wildman–Crippen MR) is 90.8 cm³/mol. The maximum absolute atomic E-state index is 13.3. The molecule has 1 aliphatic heterocycles. The van der Waals surface area contributed by atoms with Crippen LogP contribution in [0.15, 0.2) is 48.6 Å². The van der Waals surface area contributed by atoms with Crippen LogP contribution in [0, 0.1) is 11.7 Å². The van der Waals surface area contributed by atoms with Crippen LogP contribution in [0.2, 0.25) is 5.02 Å². The van der Waals surface area contributed by atoms with E-state index in [2.05, 4.69) is 17.5 Å². The van der Waals surface area contributed by atoms with Gasteiger partial charge in [0.1, 0.15) is 11.6 Å². The summed E-state index contributed by atoms with van der Waals surface area (Å²) in [5, 5.41) is 4.35. The molecule has 0 aromatic heterocycles. The molecule has 3 atom stereocenters. The second-order valence-corrected chi connectivity index (χ2v) is 6.47. The zero-order valence-electron chi connectivity index (χ0n) is 12.7. The SMILES string of the molecule is COc1ccc(Cl)c2c1N[C@H](c1ccc(F)cc1)C1CC=CC21. The Morgan fingerprint density at radius 1 is 1.17 bits per heavy atom. The van der Waals surface area contributed by atoms with Gasteiger partial charge in [0.2, 0.25) is 0 Å². The molecule has 1 aliphatic carbocycles. The molecule has 0 radical (unpaired) electrons. The van der Waals surface area contributed by atoms with Crippen molar-refractivity contribution in [3.63, 3.8) is 0 Å². The van der Waals surface area contributed by atoms with Crippen LogP contribution >= 0.6 is 11.6 Å². The topological polar surface area (TPSA) is 21.3 Å². The third kappa shape index (κ3) is 2.31. The third-order valence-corrected chi connectivity index (χ3v) is 5.21. The van der Waals surface area contributed by atoms with Crippen LogP contribution < -0.4 is 10.1 Å². The number of nitrogens with one attached hydrogen (secondary N) is 1. The van der Waals surface area contributed by atoms with E-state index in [-0.39, 0.29) is 17.8 Å². The highest BCUT2D eigenvalue weighted by Gasteiger charge is 2.40. The van der Waals surface area contributed by atoms with E-state index in [4.69, 9.17) is 16.3 Å². The molecule has 0 fully saturated rings. The minimum atomic E-state index is -0.216. The quantitative estimate of drug-likeness (QED) is 0.753. The summed E-state index contributed by atoms with van der Waals surface area (Å²) < 4.78 is 18.8. The Hall–Kier alpha value is -2.00. The van der Waals surface area contributed by atoms with Crippen molar-refractivity contribution in [3.8, 4) is 5.75 Å². The van der Waals surface area contributed by atoms with Gasteiger partial charge in [-0.15, -0.1) is 0 Å². The van der Waals surface area contributed by atoms with Crippen LogP contribution in [-0.2, 0) is 0 Å². The first-order chi connectivity index (χ1) is 11.2. The van der Waals surface area contributed by atoms with E-state index in [1.54, 1.807) is 7.11 Å². The van der Waals surface area contributed by atoms with Gasteiger partial charge in [-0.1, -0.05) is 35.9 Å². The van der Waals surface area contributed by atoms with Crippen molar-refractivity contribution in [2.45, 2.75) is 18.4 Å². The first-order valence-corrected chi connectivity index (χ1v) is 8.12. The van der Waals surface area contributed by atoms with Gasteiger partial charge < -0.3 is 10.1 Å². The molecule has 1 heterocycles. The second-order valence-electron chi connectivity index (χ2n) is 6.07. The lowest BCUT2D eigenvalue weighted by Crippen LogP contribution is -2.29. The Morgan fingerprint density at radius 2 is 1.96 bits per heavy atom. The van der Waals surface area contributed by atoms with Gasteiger partial charge in [-0.3, -0.25) is 0 Å². The average molecular weight is 330 g/mol. The van der Waals surface area contributed by atoms with Crippen molar-refractivity contribution in [2.75, 3.05) is 12.4 Å². The number of rotatable bonds is 2. The molecule has 0 amide bonds. The minimum Gasteiger partial charge on any atom is -0.495 e. The van der Waals surface area contributed by atoms with Gasteiger partial charge in [0.15, 0.2) is 0 Å². The summed E-state index contributed by atoms with van der Waals surface area (Å²) in [6, 6.07) is 10.6. The molecule has 2 aliphatic rings. The highest BCUT2D eigenvalue weighted by Crippen LogP contribution is 2.54. The third-order valence-electron chi connectivity index (χ3n) is 4.88. The highest BCUT2D eigenvalue weighted by atomic mass is 35.5. The van der Waals surface area contributed by atoms with Crippen molar-refractivity contribution >= 4 is 17.3 Å². The van der Waals surface area contributed by atoms with Gasteiger partial charge in [-0.2, -0.15) is 0 Å². The first kappa shape index (κ1) is 14.6. The molecular formula is C19H17ClFNO. The number of halogens is 2. The van der Waals surface area contributed by atoms with E-state index in [0.29, 0.717) is 5.92 Å². The van der Waals surface area contributed by atoms with Crippen molar-refractivity contribution in [2.24, 2.45) is 5.92 Å². The lowest BCUT2D eigenvalue weighted by atomic mass is 9.77. The van der Waals surface area contributed by atoms with Gasteiger partial charge in [0.25, 0.3) is 0 Å². The number of hydrogen-bond donors (Lipinski definition) is 1. The fourth-order valence-corrected chi connectivity index (χ4v) is 4.09. The van der Waals surface area contributed by atoms with Crippen LogP contribution in [0.4, 0.5) is 10.1 Å². The Labute approximate surface area is 139 Å². The largest absolute Gasteiger partial charge is 0.495 e. The molecule has 2 nitrogen and oxygen atoms in total. The summed E-state index contributed by atoms with van der Waals surface area (Å²) in [6.45, 7) is 0. The van der Waals surface area contributed by atoms with Crippen LogP contribution in [0.5, 0.6) is 5.75 Å². The molecule has 2 aromatic rings. The van der Waals surface area contributed by atoms with Crippen molar-refractivity contribution in [3.05, 3.63) is 70.5 Å². The van der Waals surface area contributed by atoms with Gasteiger partial charge in [-0.25, -0.2) is 4.39 Å². The number of ether oxygens (including phenoxy) is 1. The highest BCUT2D eigenvalue weighted by molar-refractivity contribution is 6.32. The maximum Gasteiger partial charge on any atom is 0.142 e. The monoisotopic (exact) mass is 329 g/mol. The molecule has 4 heteroatoms. The lowest BCUT2D eigenvalue weighted by molar-refractivity contribution is 0.397. The first-order valence-electron chi connectivity index (χ1n) is 7.74. The van der Waals surface area contributed by atoms with E-state index in [0.717, 1.165) is 34.0 Å². The van der Waals surface area contributed by atoms with E-state index in [1.165, 1.54) is 12.1 Å². The summed E-state index contributed by atoms with van der Waals surface area (Å²) in [7, 11) is 1.66. The zero-order valence-corrected chi connectivity index (χ0v) is 13.5. The number of allylic oxidation sites excluding steroid dienone is 2. The van der Waals surface area contributed by atoms with Crippen LogP contribution in [0.3, 0.4) is 0 Å². The maximum atomic E-state index is 13.3. The van der Waals surface area contributed by atoms with Crippen molar-refractivity contribution < 1.29 is 9.13 Å². The smallest absolute Gasteiger partial charge is 0.142 e. The molecule has 0 bridgehead atoms. The molecule has 0 saturated carbocycles. The molecule has 4 rings (SSSR count). The van der Waals surface area contributed by atoms with E-state index in [1.807, 2.05) is 24.3 Å². The summed E-state index contributed by atoms with van der Waals surface area (Å²) in [5.41, 5.74) is 3.13. The standard InChI is InChI=1S/C19H17ClFNO/c1-23-16-10-9-15(20)17-13-3-2-4-14(13)18(22-19(16)17)11-5-7-12(21)8-6-11/h2-3,5-10,13-14,18,22H,4H2,1H3/t13?,14?,18-/m1/s1. The lowest BCUT2D eigenvalue weighted by Gasteiger charge is -2.38. The Balaban J connectivity index is 1.84. The average Bonchev–Trinajstić information content (AvgIpc) is 3.04. The van der Waals surface area contributed by atoms with E-state index < -0.39 is 0 Å². The predicted octanol–water partition coefficient (Wildman–Crippen LogP) is 5.31. The minimum absolute atomic E-state index is 0.107. The van der Waals surface area contributed by atoms with Crippen LogP contribution in [-0.4, -0.2) is 7.11 Å². The number of benzene rings is 2. The van der Waals surface area contributed by atoms with E-state index in [9.17, 15) is 4.39 Å². The Bertz CT molecular complexity index is 772. The van der Waals surface area contributed by atoms with Gasteiger partial charge in [0, 0.05) is 16.5 Å². The molecule has 23 heavy (non-hydrogen) atoms. The van der Waals surface area contributed by atoms with Crippen molar-refractivity contribution in [1.29, 1.82) is 0 Å². The molecule has 2 unspecified atom stereocenters. The summed E-state index contributed by atoms with van der Waals surface area (Å²) >= 11 is 6.47. The molecule has 118 valence electrons. The fourth-order valence-electron chi connectivity index (χ4n) is 3.81. The fraction of sp³-hybridized carbons (Fsp3) is 0.263. The van der Waals surface area contributed by atoms with Crippen LogP contribution in [0.25, 0.3) is 0 Å². The molecule has 1 N–H and O–H groups in total. The Morgan fingerprint density at radius 3 is 2.70 bits per heavy atom. The number of anilines is 1. The number of fused-ring (bicyclic) bond motifs is 3. The molecular weight excluding hydrogens is 313 g/mol. The number of hydrogen-bond acceptors (Lipinski definition) is 2. The molecule has 0 saturated heterocycles. The molecule has 2 aromatic carbocycles.